The lowest BCUT2D eigenvalue weighted by Gasteiger charge is -2.13. The molecule has 4 nitrogen and oxygen atoms in total. The van der Waals surface area contributed by atoms with Crippen LogP contribution < -0.4 is 0 Å². The van der Waals surface area contributed by atoms with Gasteiger partial charge < -0.3 is 13.7 Å². The third-order valence-electron chi connectivity index (χ3n) is 14.0. The van der Waals surface area contributed by atoms with Gasteiger partial charge in [0.1, 0.15) is 0 Å². The van der Waals surface area contributed by atoms with Crippen LogP contribution in [0.25, 0.3) is 127 Å². The Bertz CT molecular complexity index is 4000. The highest BCUT2D eigenvalue weighted by Gasteiger charge is 2.20. The summed E-state index contributed by atoms with van der Waals surface area (Å²) >= 11 is 0. The molecule has 10 aromatic carbocycles. The molecule has 69 heavy (non-hydrogen) atoms. The van der Waals surface area contributed by atoms with Gasteiger partial charge in [-0.1, -0.05) is 158 Å². The van der Waals surface area contributed by atoms with Gasteiger partial charge in [-0.25, -0.2) is 4.98 Å². The van der Waals surface area contributed by atoms with E-state index in [0.29, 0.717) is 0 Å². The van der Waals surface area contributed by atoms with E-state index in [4.69, 9.17) is 4.98 Å². The van der Waals surface area contributed by atoms with Crippen LogP contribution in [-0.2, 0) is 0 Å². The first kappa shape index (κ1) is 39.0. The van der Waals surface area contributed by atoms with Crippen molar-refractivity contribution in [3.63, 3.8) is 0 Å². The van der Waals surface area contributed by atoms with Crippen molar-refractivity contribution < 1.29 is 0 Å². The Morgan fingerprint density at radius 2 is 0.493 bits per heavy atom. The number of aromatic nitrogens is 4. The van der Waals surface area contributed by atoms with E-state index in [9.17, 15) is 0 Å². The molecular weight excluding hydrogens is 837 g/mol. The average molecular weight is 879 g/mol. The van der Waals surface area contributed by atoms with Crippen LogP contribution in [0.5, 0.6) is 0 Å². The first-order chi connectivity index (χ1) is 34.2. The van der Waals surface area contributed by atoms with Crippen LogP contribution in [0.3, 0.4) is 0 Å². The molecule has 0 fully saturated rings. The van der Waals surface area contributed by atoms with Gasteiger partial charge in [-0.3, -0.25) is 0 Å². The summed E-state index contributed by atoms with van der Waals surface area (Å²) in [6, 6.07) is 92.4. The number of rotatable bonds is 7. The largest absolute Gasteiger partial charge is 0.309 e. The van der Waals surface area contributed by atoms with Crippen LogP contribution in [0.4, 0.5) is 0 Å². The van der Waals surface area contributed by atoms with Gasteiger partial charge in [0.05, 0.1) is 50.2 Å². The van der Waals surface area contributed by atoms with Crippen molar-refractivity contribution in [1.29, 1.82) is 0 Å². The summed E-state index contributed by atoms with van der Waals surface area (Å²) in [5, 5.41) is 7.34. The van der Waals surface area contributed by atoms with Gasteiger partial charge in [-0.15, -0.1) is 0 Å². The van der Waals surface area contributed by atoms with Crippen molar-refractivity contribution in [1.82, 2.24) is 18.7 Å². The molecule has 0 N–H and O–H groups in total. The van der Waals surface area contributed by atoms with Gasteiger partial charge in [0.15, 0.2) is 0 Å². The Balaban J connectivity index is 0.996. The Kier molecular flexibility index (Phi) is 8.86. The summed E-state index contributed by atoms with van der Waals surface area (Å²) in [4.78, 5) is 5.27. The molecule has 4 aromatic heterocycles. The lowest BCUT2D eigenvalue weighted by molar-refractivity contribution is 1.16. The zero-order valence-corrected chi connectivity index (χ0v) is 37.5. The highest BCUT2D eigenvalue weighted by molar-refractivity contribution is 6.14. The maximum Gasteiger partial charge on any atom is 0.0730 e. The second-order valence-corrected chi connectivity index (χ2v) is 18.0. The van der Waals surface area contributed by atoms with Crippen LogP contribution in [0.1, 0.15) is 0 Å². The minimum Gasteiger partial charge on any atom is -0.309 e. The number of nitrogens with zero attached hydrogens (tertiary/aromatic N) is 4. The summed E-state index contributed by atoms with van der Waals surface area (Å²) in [6.07, 6.45) is 0. The molecule has 322 valence electrons. The van der Waals surface area contributed by atoms with E-state index < -0.39 is 0 Å². The fourth-order valence-corrected chi connectivity index (χ4v) is 10.8. The molecule has 4 heteroatoms. The van der Waals surface area contributed by atoms with Gasteiger partial charge in [-0.05, 0) is 119 Å². The Morgan fingerprint density at radius 3 is 0.870 bits per heavy atom. The topological polar surface area (TPSA) is 27.7 Å². The molecule has 0 amide bonds. The highest BCUT2D eigenvalue weighted by atomic mass is 15.0. The normalized spacial score (nSPS) is 11.8. The molecule has 0 saturated carbocycles. The Morgan fingerprint density at radius 1 is 0.203 bits per heavy atom. The van der Waals surface area contributed by atoms with Crippen LogP contribution in [0.15, 0.2) is 255 Å². The minimum atomic E-state index is 0.932. The molecule has 14 rings (SSSR count). The number of fused-ring (bicyclic) bond motifs is 9. The van der Waals surface area contributed by atoms with Crippen LogP contribution in [0, 0.1) is 0 Å². The minimum absolute atomic E-state index is 0.932. The standard InChI is InChI=1S/C65H42N4/c1-5-17-43(18-6-1)58-41-51(42-59(66-58)44-19-7-2-8-20-44)69-64-35-31-47(45-29-33-62-54(37-45)52-25-13-15-27-60(52)67(62)49-21-9-3-10-22-49)39-56(64)57-40-48(32-36-65(57)69)46-30-34-63-55(38-46)53-26-14-16-28-61(53)68(63)50-23-11-4-12-24-50/h1-42H. The Labute approximate surface area is 398 Å². The van der Waals surface area contributed by atoms with E-state index in [-0.39, 0.29) is 0 Å². The number of para-hydroxylation sites is 4. The molecule has 0 unspecified atom stereocenters. The fourth-order valence-electron chi connectivity index (χ4n) is 10.8. The van der Waals surface area contributed by atoms with E-state index in [1.165, 1.54) is 76.6 Å². The van der Waals surface area contributed by atoms with E-state index >= 15 is 0 Å². The molecule has 0 aliphatic heterocycles. The lowest BCUT2D eigenvalue weighted by Crippen LogP contribution is -1.98. The second-order valence-electron chi connectivity index (χ2n) is 18.0. The smallest absolute Gasteiger partial charge is 0.0730 e. The van der Waals surface area contributed by atoms with Gasteiger partial charge in [0.25, 0.3) is 0 Å². The molecule has 0 radical (unpaired) electrons. The van der Waals surface area contributed by atoms with Crippen molar-refractivity contribution in [2.75, 3.05) is 0 Å². The maximum absolute atomic E-state index is 5.27. The summed E-state index contributed by atoms with van der Waals surface area (Å²) in [5.41, 5.74) is 19.2. The fraction of sp³-hybridized carbons (Fsp3) is 0. The van der Waals surface area contributed by atoms with Crippen LogP contribution in [0.2, 0.25) is 0 Å². The first-order valence-electron chi connectivity index (χ1n) is 23.6. The van der Waals surface area contributed by atoms with Crippen molar-refractivity contribution in [3.05, 3.63) is 255 Å². The molecule has 14 aromatic rings. The van der Waals surface area contributed by atoms with Crippen molar-refractivity contribution >= 4 is 65.4 Å². The molecule has 0 aliphatic rings. The molecule has 0 atom stereocenters. The molecular formula is C65H42N4. The second kappa shape index (κ2) is 15.7. The maximum atomic E-state index is 5.27. The van der Waals surface area contributed by atoms with Crippen molar-refractivity contribution in [3.8, 4) is 61.8 Å². The quantitative estimate of drug-likeness (QED) is 0.157. The summed E-state index contributed by atoms with van der Waals surface area (Å²) < 4.78 is 7.20. The number of hydrogen-bond acceptors (Lipinski definition) is 1. The molecule has 0 aliphatic carbocycles. The zero-order valence-electron chi connectivity index (χ0n) is 37.5. The molecule has 0 bridgehead atoms. The van der Waals surface area contributed by atoms with E-state index in [0.717, 1.165) is 50.6 Å². The van der Waals surface area contributed by atoms with Gasteiger partial charge in [0.2, 0.25) is 0 Å². The lowest BCUT2D eigenvalue weighted by atomic mass is 9.98. The predicted molar refractivity (Wildman–Crippen MR) is 289 cm³/mol. The summed E-state index contributed by atoms with van der Waals surface area (Å²) in [7, 11) is 0. The first-order valence-corrected chi connectivity index (χ1v) is 23.6. The monoisotopic (exact) mass is 878 g/mol. The van der Waals surface area contributed by atoms with Gasteiger partial charge in [0, 0.05) is 54.8 Å². The zero-order chi connectivity index (χ0) is 45.4. The number of pyridine rings is 1. The van der Waals surface area contributed by atoms with Crippen molar-refractivity contribution in [2.24, 2.45) is 0 Å². The van der Waals surface area contributed by atoms with Gasteiger partial charge in [-0.2, -0.15) is 0 Å². The Hall–Kier alpha value is -9.25. The van der Waals surface area contributed by atoms with Crippen LogP contribution >= 0.6 is 0 Å². The van der Waals surface area contributed by atoms with Crippen LogP contribution in [-0.4, -0.2) is 18.7 Å². The third-order valence-corrected chi connectivity index (χ3v) is 14.0. The van der Waals surface area contributed by atoms with E-state index in [1.54, 1.807) is 0 Å². The van der Waals surface area contributed by atoms with E-state index in [1.807, 2.05) is 0 Å². The molecule has 4 heterocycles. The SMILES string of the molecule is c1ccc(-c2cc(-n3c4ccc(-c5ccc6c(c5)c5ccccc5n6-c5ccccc5)cc4c4cc(-c5ccc6c(c5)c5ccccc5n6-c5ccccc5)ccc43)cc(-c3ccccc3)n2)cc1. The van der Waals surface area contributed by atoms with Gasteiger partial charge >= 0.3 is 0 Å². The number of hydrogen-bond donors (Lipinski definition) is 0. The van der Waals surface area contributed by atoms with E-state index in [2.05, 4.69) is 268 Å². The predicted octanol–water partition coefficient (Wildman–Crippen LogP) is 17.0. The molecule has 0 saturated heterocycles. The number of benzene rings is 10. The molecule has 0 spiro atoms. The summed E-state index contributed by atoms with van der Waals surface area (Å²) in [5.74, 6) is 0. The highest BCUT2D eigenvalue weighted by Crippen LogP contribution is 2.42. The van der Waals surface area contributed by atoms with Crippen molar-refractivity contribution in [2.45, 2.75) is 0 Å². The average Bonchev–Trinajstić information content (AvgIpc) is 4.06. The third kappa shape index (κ3) is 6.34. The summed E-state index contributed by atoms with van der Waals surface area (Å²) in [6.45, 7) is 0.